The molecule has 3 aromatic carbocycles. The average molecular weight is 491 g/mol. The van der Waals surface area contributed by atoms with Gasteiger partial charge in [0.05, 0.1) is 0 Å². The van der Waals surface area contributed by atoms with E-state index in [-0.39, 0.29) is 0 Å². The molecule has 4 aromatic rings. The molecular weight excluding hydrogens is 447 g/mol. The van der Waals surface area contributed by atoms with Crippen molar-refractivity contribution < 1.29 is 0 Å². The van der Waals surface area contributed by atoms with Gasteiger partial charge in [0.15, 0.2) is 0 Å². The Bertz CT molecular complexity index is 1090. The van der Waals surface area contributed by atoms with Crippen LogP contribution in [0, 0.1) is 0 Å². The van der Waals surface area contributed by atoms with Gasteiger partial charge in [-0.1, -0.05) is 155 Å². The van der Waals surface area contributed by atoms with E-state index in [0.717, 1.165) is 18.7 Å². The maximum Gasteiger partial charge on any atom is 0.139 e. The maximum absolute atomic E-state index is 4.50. The van der Waals surface area contributed by atoms with Crippen molar-refractivity contribution in [3.05, 3.63) is 121 Å². The van der Waals surface area contributed by atoms with Gasteiger partial charge >= 0.3 is 0 Å². The lowest BCUT2D eigenvalue weighted by atomic mass is 9.93. The first-order valence-electron chi connectivity index (χ1n) is 14.2. The molecule has 0 fully saturated rings. The van der Waals surface area contributed by atoms with Crippen molar-refractivity contribution in [3.63, 3.8) is 0 Å². The third kappa shape index (κ3) is 9.92. The summed E-state index contributed by atoms with van der Waals surface area (Å²) in [6.45, 7) is 3.36. The van der Waals surface area contributed by atoms with Crippen molar-refractivity contribution in [2.24, 2.45) is 0 Å². The molecule has 0 saturated heterocycles. The first-order valence-corrected chi connectivity index (χ1v) is 14.2. The molecular formula is C34H43BN2. The van der Waals surface area contributed by atoms with Gasteiger partial charge in [0.25, 0.3) is 0 Å². The lowest BCUT2D eigenvalue weighted by molar-refractivity contribution is 0.545. The minimum atomic E-state index is 1.05. The van der Waals surface area contributed by atoms with E-state index in [2.05, 4.69) is 128 Å². The van der Waals surface area contributed by atoms with Gasteiger partial charge in [0, 0.05) is 24.5 Å². The van der Waals surface area contributed by atoms with Crippen LogP contribution in [0.5, 0.6) is 0 Å². The second-order valence-electron chi connectivity index (χ2n) is 9.54. The molecule has 3 heteroatoms. The number of imidazole rings is 1. The number of aryl methyl sites for hydroxylation is 1. The molecule has 0 amide bonds. The Morgan fingerprint density at radius 3 is 1.76 bits per heavy atom. The number of rotatable bonds is 13. The number of aromatic nitrogens is 2. The molecule has 0 aliphatic carbocycles. The van der Waals surface area contributed by atoms with Crippen LogP contribution < -0.4 is 0 Å². The molecule has 37 heavy (non-hydrogen) atoms. The maximum atomic E-state index is 4.50. The van der Waals surface area contributed by atoms with E-state index in [0.29, 0.717) is 0 Å². The summed E-state index contributed by atoms with van der Waals surface area (Å²) in [6.07, 6.45) is 18.3. The number of nitrogens with zero attached hydrogens (tertiary/aromatic N) is 2. The van der Waals surface area contributed by atoms with Crippen molar-refractivity contribution in [1.82, 2.24) is 9.55 Å². The van der Waals surface area contributed by atoms with E-state index in [9.17, 15) is 0 Å². The predicted molar refractivity (Wildman–Crippen MR) is 164 cm³/mol. The van der Waals surface area contributed by atoms with Gasteiger partial charge in [-0.15, -0.1) is 0 Å². The lowest BCUT2D eigenvalue weighted by Gasteiger charge is -2.08. The highest BCUT2D eigenvalue weighted by Crippen LogP contribution is 2.23. The van der Waals surface area contributed by atoms with Crippen LogP contribution in [0.3, 0.4) is 0 Å². The number of hydrogen-bond donors (Lipinski definition) is 0. The molecule has 1 heterocycles. The number of hydrogen-bond acceptors (Lipinski definition) is 1. The predicted octanol–water partition coefficient (Wildman–Crippen LogP) is 8.86. The third-order valence-corrected chi connectivity index (χ3v) is 6.58. The Balaban J connectivity index is 0.000000213. The zero-order valence-corrected chi connectivity index (χ0v) is 22.9. The Labute approximate surface area is 225 Å². The normalized spacial score (nSPS) is 10.4. The smallest absolute Gasteiger partial charge is 0.139 e. The summed E-state index contributed by atoms with van der Waals surface area (Å²) in [4.78, 5) is 4.50. The minimum absolute atomic E-state index is 1.05. The summed E-state index contributed by atoms with van der Waals surface area (Å²) >= 11 is 0. The molecule has 0 saturated carbocycles. The van der Waals surface area contributed by atoms with E-state index in [1.807, 2.05) is 6.20 Å². The molecule has 0 unspecified atom stereocenters. The molecule has 0 bridgehead atoms. The van der Waals surface area contributed by atoms with Crippen LogP contribution in [0.15, 0.2) is 109 Å². The largest absolute Gasteiger partial charge is 0.331 e. The van der Waals surface area contributed by atoms with E-state index in [1.165, 1.54) is 73.6 Å². The molecule has 0 atom stereocenters. The van der Waals surface area contributed by atoms with Crippen molar-refractivity contribution >= 4 is 13.4 Å². The quantitative estimate of drug-likeness (QED) is 0.135. The van der Waals surface area contributed by atoms with Crippen molar-refractivity contribution in [2.75, 3.05) is 0 Å². The molecule has 0 spiro atoms. The van der Waals surface area contributed by atoms with Crippen molar-refractivity contribution in [2.45, 2.75) is 71.2 Å². The van der Waals surface area contributed by atoms with Crippen molar-refractivity contribution in [1.29, 1.82) is 0 Å². The molecule has 0 aliphatic rings. The van der Waals surface area contributed by atoms with E-state index in [4.69, 9.17) is 0 Å². The van der Waals surface area contributed by atoms with Gasteiger partial charge < -0.3 is 4.57 Å². The molecule has 0 aliphatic heterocycles. The SMILES string of the molecule is BCC=C(c1ccccc1)c1ccccc1.CCCCCCCCCCn1ccnc1-c1ccccc1. The van der Waals surface area contributed by atoms with E-state index >= 15 is 0 Å². The number of unbranched alkanes of at least 4 members (excludes halogenated alkanes) is 7. The topological polar surface area (TPSA) is 17.8 Å². The summed E-state index contributed by atoms with van der Waals surface area (Å²) in [6, 6.07) is 31.6. The molecule has 2 nitrogen and oxygen atoms in total. The Morgan fingerprint density at radius 1 is 0.703 bits per heavy atom. The van der Waals surface area contributed by atoms with Gasteiger partial charge in [-0.05, 0) is 23.1 Å². The van der Waals surface area contributed by atoms with Crippen LogP contribution in [0.2, 0.25) is 6.32 Å². The van der Waals surface area contributed by atoms with E-state index in [1.54, 1.807) is 0 Å². The van der Waals surface area contributed by atoms with Crippen LogP contribution in [-0.2, 0) is 6.54 Å². The van der Waals surface area contributed by atoms with Gasteiger partial charge in [0.1, 0.15) is 13.7 Å². The second-order valence-corrected chi connectivity index (χ2v) is 9.54. The fourth-order valence-electron chi connectivity index (χ4n) is 4.60. The third-order valence-electron chi connectivity index (χ3n) is 6.58. The van der Waals surface area contributed by atoms with E-state index < -0.39 is 0 Å². The minimum Gasteiger partial charge on any atom is -0.331 e. The van der Waals surface area contributed by atoms with Crippen LogP contribution in [0.4, 0.5) is 0 Å². The summed E-state index contributed by atoms with van der Waals surface area (Å²) < 4.78 is 2.28. The number of allylic oxidation sites excluding steroid dienone is 1. The number of benzene rings is 3. The Hall–Kier alpha value is -3.33. The average Bonchev–Trinajstić information content (AvgIpc) is 3.43. The molecule has 1 aromatic heterocycles. The summed E-state index contributed by atoms with van der Waals surface area (Å²) in [5.41, 5.74) is 5.11. The Morgan fingerprint density at radius 2 is 1.22 bits per heavy atom. The zero-order chi connectivity index (χ0) is 26.0. The van der Waals surface area contributed by atoms with Gasteiger partial charge in [-0.2, -0.15) is 0 Å². The molecule has 0 N–H and O–H groups in total. The highest BCUT2D eigenvalue weighted by atomic mass is 15.1. The highest BCUT2D eigenvalue weighted by Gasteiger charge is 2.05. The van der Waals surface area contributed by atoms with Crippen LogP contribution in [-0.4, -0.2) is 17.4 Å². The monoisotopic (exact) mass is 490 g/mol. The fourth-order valence-corrected chi connectivity index (χ4v) is 4.60. The summed E-state index contributed by atoms with van der Waals surface area (Å²) in [5.74, 6) is 1.10. The van der Waals surface area contributed by atoms with Gasteiger partial charge in [-0.3, -0.25) is 0 Å². The molecule has 0 radical (unpaired) electrons. The highest BCUT2D eigenvalue weighted by molar-refractivity contribution is 6.10. The fraction of sp³-hybridized carbons (Fsp3) is 0.324. The molecule has 4 rings (SSSR count). The van der Waals surface area contributed by atoms with Crippen LogP contribution in [0.25, 0.3) is 17.0 Å². The van der Waals surface area contributed by atoms with Gasteiger partial charge in [0.2, 0.25) is 0 Å². The standard InChI is InChI=1S/C19H28N2.C15H15B/c1-2-3-4-5-6-7-8-12-16-21-17-15-20-19(21)18-13-10-9-11-14-18;16-12-11-15(13-7-3-1-4-8-13)14-9-5-2-6-10-14/h9-11,13-15,17H,2-8,12,16H2,1H3;1-11H,12,16H2. The first-order chi connectivity index (χ1) is 18.3. The first kappa shape index (κ1) is 28.2. The van der Waals surface area contributed by atoms with Gasteiger partial charge in [-0.25, -0.2) is 4.98 Å². The second kappa shape index (κ2) is 17.2. The Kier molecular flexibility index (Phi) is 13.1. The van der Waals surface area contributed by atoms with Crippen molar-refractivity contribution in [3.8, 4) is 11.4 Å². The van der Waals surface area contributed by atoms with Crippen LogP contribution in [0.1, 0.15) is 69.4 Å². The molecule has 192 valence electrons. The van der Waals surface area contributed by atoms with Crippen LogP contribution >= 0.6 is 0 Å². The summed E-state index contributed by atoms with van der Waals surface area (Å²) in [7, 11) is 2.17. The lowest BCUT2D eigenvalue weighted by Crippen LogP contribution is -1.99. The zero-order valence-electron chi connectivity index (χ0n) is 22.9. The summed E-state index contributed by atoms with van der Waals surface area (Å²) in [5, 5.41) is 0.